The van der Waals surface area contributed by atoms with E-state index in [2.05, 4.69) is 22.7 Å². The minimum atomic E-state index is -0.362. The highest BCUT2D eigenvalue weighted by Crippen LogP contribution is 2.48. The van der Waals surface area contributed by atoms with Gasteiger partial charge in [-0.1, -0.05) is 5.16 Å². The minimum Gasteiger partial charge on any atom is -0.388 e. The van der Waals surface area contributed by atoms with Crippen molar-refractivity contribution in [3.05, 3.63) is 17.5 Å². The highest BCUT2D eigenvalue weighted by Gasteiger charge is 2.53. The molecule has 1 spiro atoms. The van der Waals surface area contributed by atoms with Crippen molar-refractivity contribution in [2.45, 2.75) is 71.1 Å². The van der Waals surface area contributed by atoms with Crippen LogP contribution in [-0.2, 0) is 20.9 Å². The van der Waals surface area contributed by atoms with Crippen molar-refractivity contribution >= 4 is 28.3 Å². The van der Waals surface area contributed by atoms with Gasteiger partial charge in [-0.25, -0.2) is 9.67 Å². The molecule has 2 aromatic rings. The third-order valence-electron chi connectivity index (χ3n) is 6.91. The van der Waals surface area contributed by atoms with Crippen LogP contribution < -0.4 is 10.6 Å². The Morgan fingerprint density at radius 3 is 2.78 bits per heavy atom. The standard InChI is InChI=1S/C23H32N6O3/c1-4-24-22(30)15-10-23(11-15)12-18(28-32-23)17-13-25-21-19(14(3)27-29(21)5-2)20(17)26-16-6-8-31-9-7-16/h13,15-16H,4-12H2,1-3H3,(H,24,30)(H,25,26). The molecule has 3 aliphatic rings. The van der Waals surface area contributed by atoms with Gasteiger partial charge in [-0.3, -0.25) is 4.79 Å². The second-order valence-corrected chi connectivity index (χ2v) is 9.17. The van der Waals surface area contributed by atoms with E-state index in [-0.39, 0.29) is 17.4 Å². The zero-order chi connectivity index (χ0) is 22.3. The van der Waals surface area contributed by atoms with Crippen molar-refractivity contribution < 1.29 is 14.4 Å². The van der Waals surface area contributed by atoms with Crippen molar-refractivity contribution in [1.29, 1.82) is 0 Å². The van der Waals surface area contributed by atoms with Crippen LogP contribution in [0, 0.1) is 12.8 Å². The van der Waals surface area contributed by atoms with E-state index < -0.39 is 0 Å². The summed E-state index contributed by atoms with van der Waals surface area (Å²) in [5.41, 5.74) is 4.39. The fraction of sp³-hybridized carbons (Fsp3) is 0.652. The Labute approximate surface area is 187 Å². The Morgan fingerprint density at radius 1 is 1.28 bits per heavy atom. The number of nitrogens with zero attached hydrogens (tertiary/aromatic N) is 4. The Morgan fingerprint density at radius 2 is 2.06 bits per heavy atom. The Bertz CT molecular complexity index is 1050. The summed E-state index contributed by atoms with van der Waals surface area (Å²) in [5.74, 6) is 0.123. The molecule has 1 saturated carbocycles. The van der Waals surface area contributed by atoms with Gasteiger partial charge in [0.15, 0.2) is 5.65 Å². The molecule has 2 aliphatic heterocycles. The van der Waals surface area contributed by atoms with Gasteiger partial charge in [-0.15, -0.1) is 0 Å². The van der Waals surface area contributed by atoms with Crippen molar-refractivity contribution in [3.63, 3.8) is 0 Å². The molecular weight excluding hydrogens is 408 g/mol. The van der Waals surface area contributed by atoms with Crippen LogP contribution in [0.4, 0.5) is 5.69 Å². The predicted octanol–water partition coefficient (Wildman–Crippen LogP) is 2.76. The van der Waals surface area contributed by atoms with Gasteiger partial charge in [-0.05, 0) is 33.6 Å². The zero-order valence-electron chi connectivity index (χ0n) is 19.1. The molecule has 0 atom stereocenters. The van der Waals surface area contributed by atoms with Crippen LogP contribution in [-0.4, -0.2) is 57.8 Å². The number of ether oxygens (including phenoxy) is 1. The number of hydrogen-bond acceptors (Lipinski definition) is 7. The number of anilines is 1. The molecule has 0 radical (unpaired) electrons. The van der Waals surface area contributed by atoms with Crippen molar-refractivity contribution in [1.82, 2.24) is 20.1 Å². The molecule has 1 amide bonds. The molecule has 0 bridgehead atoms. The second-order valence-electron chi connectivity index (χ2n) is 9.17. The molecule has 9 heteroatoms. The normalized spacial score (nSPS) is 25.5. The van der Waals surface area contributed by atoms with Gasteiger partial charge >= 0.3 is 0 Å². The number of carbonyl (C=O) groups excluding carboxylic acids is 1. The molecule has 172 valence electrons. The topological polar surface area (TPSA) is 103 Å². The number of rotatable bonds is 6. The third-order valence-corrected chi connectivity index (χ3v) is 6.91. The summed E-state index contributed by atoms with van der Waals surface area (Å²) in [6.07, 6.45) is 5.93. The predicted molar refractivity (Wildman–Crippen MR) is 122 cm³/mol. The van der Waals surface area contributed by atoms with Gasteiger partial charge in [0.05, 0.1) is 22.5 Å². The van der Waals surface area contributed by atoms with Gasteiger partial charge in [0.2, 0.25) is 5.91 Å². The van der Waals surface area contributed by atoms with Crippen LogP contribution >= 0.6 is 0 Å². The third kappa shape index (κ3) is 3.62. The summed E-state index contributed by atoms with van der Waals surface area (Å²) in [4.78, 5) is 22.9. The smallest absolute Gasteiger partial charge is 0.223 e. The highest BCUT2D eigenvalue weighted by atomic mass is 16.7. The van der Waals surface area contributed by atoms with Gasteiger partial charge in [0, 0.05) is 69.3 Å². The first kappa shape index (κ1) is 21.2. The van der Waals surface area contributed by atoms with Crippen LogP contribution in [0.1, 0.15) is 57.2 Å². The van der Waals surface area contributed by atoms with Crippen LogP contribution in [0.2, 0.25) is 0 Å². The maximum absolute atomic E-state index is 12.2. The molecule has 4 heterocycles. The lowest BCUT2D eigenvalue weighted by molar-refractivity contribution is -0.147. The average Bonchev–Trinajstić information content (AvgIpc) is 3.36. The molecule has 2 N–H and O–H groups in total. The van der Waals surface area contributed by atoms with E-state index in [1.807, 2.05) is 24.7 Å². The van der Waals surface area contributed by atoms with E-state index >= 15 is 0 Å². The van der Waals surface area contributed by atoms with E-state index in [1.54, 1.807) is 0 Å². The summed E-state index contributed by atoms with van der Waals surface area (Å²) in [6, 6.07) is 0.334. The number of amides is 1. The molecule has 0 unspecified atom stereocenters. The fourth-order valence-corrected chi connectivity index (χ4v) is 5.18. The summed E-state index contributed by atoms with van der Waals surface area (Å²) in [7, 11) is 0. The number of carbonyl (C=O) groups is 1. The van der Waals surface area contributed by atoms with Crippen LogP contribution in [0.25, 0.3) is 11.0 Å². The number of hydrogen-bond donors (Lipinski definition) is 2. The zero-order valence-corrected chi connectivity index (χ0v) is 19.1. The monoisotopic (exact) mass is 440 g/mol. The fourth-order valence-electron chi connectivity index (χ4n) is 5.18. The molecule has 2 fully saturated rings. The number of aromatic nitrogens is 3. The molecule has 9 nitrogen and oxygen atoms in total. The average molecular weight is 441 g/mol. The van der Waals surface area contributed by atoms with Gasteiger partial charge in [0.1, 0.15) is 5.60 Å². The molecule has 32 heavy (non-hydrogen) atoms. The van der Waals surface area contributed by atoms with Crippen molar-refractivity contribution in [3.8, 4) is 0 Å². The number of aryl methyl sites for hydroxylation is 2. The minimum absolute atomic E-state index is 0.00923. The Balaban J connectivity index is 1.44. The lowest BCUT2D eigenvalue weighted by atomic mass is 9.68. The van der Waals surface area contributed by atoms with Gasteiger partial charge in [0.25, 0.3) is 0 Å². The second kappa shape index (κ2) is 8.35. The lowest BCUT2D eigenvalue weighted by Crippen LogP contribution is -2.50. The van der Waals surface area contributed by atoms with Crippen molar-refractivity contribution in [2.24, 2.45) is 11.1 Å². The highest BCUT2D eigenvalue weighted by molar-refractivity contribution is 6.11. The first-order valence-corrected chi connectivity index (χ1v) is 11.8. The van der Waals surface area contributed by atoms with Gasteiger partial charge in [-0.2, -0.15) is 5.10 Å². The van der Waals surface area contributed by atoms with E-state index in [0.29, 0.717) is 31.8 Å². The van der Waals surface area contributed by atoms with Crippen LogP contribution in [0.3, 0.4) is 0 Å². The summed E-state index contributed by atoms with van der Waals surface area (Å²) >= 11 is 0. The van der Waals surface area contributed by atoms with Crippen LogP contribution in [0.15, 0.2) is 11.4 Å². The molecular formula is C23H32N6O3. The van der Waals surface area contributed by atoms with Gasteiger partial charge < -0.3 is 20.2 Å². The Kier molecular flexibility index (Phi) is 5.53. The Hall–Kier alpha value is -2.68. The summed E-state index contributed by atoms with van der Waals surface area (Å²) in [6.45, 7) is 9.01. The van der Waals surface area contributed by atoms with E-state index in [4.69, 9.17) is 19.7 Å². The van der Waals surface area contributed by atoms with Crippen molar-refractivity contribution in [2.75, 3.05) is 25.1 Å². The first-order chi connectivity index (χ1) is 15.5. The van der Waals surface area contributed by atoms with E-state index in [0.717, 1.165) is 66.3 Å². The molecule has 0 aromatic carbocycles. The maximum Gasteiger partial charge on any atom is 0.223 e. The lowest BCUT2D eigenvalue weighted by Gasteiger charge is -2.41. The van der Waals surface area contributed by atoms with Crippen LogP contribution in [0.5, 0.6) is 0 Å². The molecule has 5 rings (SSSR count). The summed E-state index contributed by atoms with van der Waals surface area (Å²) < 4.78 is 7.50. The number of pyridine rings is 1. The van der Waals surface area contributed by atoms with E-state index in [9.17, 15) is 4.79 Å². The first-order valence-electron chi connectivity index (χ1n) is 11.8. The number of oxime groups is 1. The molecule has 2 aromatic heterocycles. The molecule has 1 saturated heterocycles. The SMILES string of the molecule is CCNC(=O)C1CC2(CC(c3cnc4c(c(C)nn4CC)c3NC3CCOCC3)=NO2)C1. The maximum atomic E-state index is 12.2. The number of nitrogens with one attached hydrogen (secondary N) is 2. The quantitative estimate of drug-likeness (QED) is 0.716. The summed E-state index contributed by atoms with van der Waals surface area (Å²) in [5, 5.41) is 16.9. The largest absolute Gasteiger partial charge is 0.388 e. The molecule has 1 aliphatic carbocycles. The van der Waals surface area contributed by atoms with E-state index in [1.165, 1.54) is 0 Å². The number of fused-ring (bicyclic) bond motifs is 1.